The molecular formula is C21H29BrN2O4. The molecular weight excluding hydrogens is 424 g/mol. The van der Waals surface area contributed by atoms with E-state index >= 15 is 0 Å². The molecule has 2 fully saturated rings. The van der Waals surface area contributed by atoms with Crippen LogP contribution in [0.2, 0.25) is 0 Å². The van der Waals surface area contributed by atoms with Crippen LogP contribution in [-0.4, -0.2) is 65.6 Å². The lowest BCUT2D eigenvalue weighted by molar-refractivity contribution is -0.147. The van der Waals surface area contributed by atoms with E-state index in [1.807, 2.05) is 24.0 Å². The third-order valence-corrected chi connectivity index (χ3v) is 6.62. The number of carbonyl (C=O) groups excluding carboxylic acids is 2. The highest BCUT2D eigenvalue weighted by molar-refractivity contribution is 9.10. The number of halogens is 1. The van der Waals surface area contributed by atoms with Crippen molar-refractivity contribution in [3.8, 4) is 5.75 Å². The normalized spacial score (nSPS) is 22.2. The Morgan fingerprint density at radius 2 is 1.96 bits per heavy atom. The molecule has 0 radical (unpaired) electrons. The summed E-state index contributed by atoms with van der Waals surface area (Å²) in [6, 6.07) is 5.60. The topological polar surface area (TPSA) is 70.1 Å². The van der Waals surface area contributed by atoms with Crippen molar-refractivity contribution in [2.45, 2.75) is 51.1 Å². The highest BCUT2D eigenvalue weighted by atomic mass is 79.9. The molecule has 1 aromatic carbocycles. The summed E-state index contributed by atoms with van der Waals surface area (Å²) in [7, 11) is 1.45. The molecule has 1 amide bonds. The first kappa shape index (κ1) is 21.1. The van der Waals surface area contributed by atoms with Gasteiger partial charge in [-0.05, 0) is 72.3 Å². The van der Waals surface area contributed by atoms with Gasteiger partial charge in [0.2, 0.25) is 5.91 Å². The molecule has 1 N–H and O–H groups in total. The smallest absolute Gasteiger partial charge is 0.323 e. The van der Waals surface area contributed by atoms with Crippen molar-refractivity contribution in [2.24, 2.45) is 5.92 Å². The molecule has 154 valence electrons. The lowest BCUT2D eigenvalue weighted by Gasteiger charge is -2.39. The van der Waals surface area contributed by atoms with Crippen molar-refractivity contribution in [1.29, 1.82) is 0 Å². The molecule has 2 atom stereocenters. The Labute approximate surface area is 175 Å². The number of likely N-dealkylation sites (tertiary alicyclic amines) is 2. The molecule has 7 heteroatoms. The molecule has 2 heterocycles. The summed E-state index contributed by atoms with van der Waals surface area (Å²) in [6.45, 7) is 4.36. The Morgan fingerprint density at radius 3 is 2.61 bits per heavy atom. The van der Waals surface area contributed by atoms with Crippen LogP contribution < -0.4 is 0 Å². The average Bonchev–Trinajstić information content (AvgIpc) is 3.19. The molecule has 0 bridgehead atoms. The minimum Gasteiger partial charge on any atom is -0.507 e. The third-order valence-electron chi connectivity index (χ3n) is 5.99. The van der Waals surface area contributed by atoms with E-state index < -0.39 is 0 Å². The number of nitrogens with zero attached hydrogens (tertiary/aromatic N) is 2. The lowest BCUT2D eigenvalue weighted by atomic mass is 9.97. The van der Waals surface area contributed by atoms with Crippen LogP contribution in [0.4, 0.5) is 0 Å². The van der Waals surface area contributed by atoms with E-state index in [1.54, 1.807) is 6.07 Å². The van der Waals surface area contributed by atoms with Gasteiger partial charge in [0.25, 0.3) is 0 Å². The number of piperidine rings is 1. The maximum Gasteiger partial charge on any atom is 0.323 e. The summed E-state index contributed by atoms with van der Waals surface area (Å²) in [5, 5.41) is 9.62. The number of hydrogen-bond acceptors (Lipinski definition) is 5. The van der Waals surface area contributed by atoms with Crippen LogP contribution in [0.5, 0.6) is 5.75 Å². The van der Waals surface area contributed by atoms with Crippen LogP contribution in [0, 0.1) is 5.92 Å². The number of ether oxygens (including phenoxy) is 1. The van der Waals surface area contributed by atoms with Crippen LogP contribution in [0.3, 0.4) is 0 Å². The van der Waals surface area contributed by atoms with Crippen molar-refractivity contribution in [1.82, 2.24) is 9.80 Å². The summed E-state index contributed by atoms with van der Waals surface area (Å²) < 4.78 is 5.60. The Morgan fingerprint density at radius 1 is 1.25 bits per heavy atom. The van der Waals surface area contributed by atoms with Gasteiger partial charge in [0.05, 0.1) is 11.6 Å². The van der Waals surface area contributed by atoms with Crippen LogP contribution in [0.15, 0.2) is 22.7 Å². The average molecular weight is 453 g/mol. The van der Waals surface area contributed by atoms with E-state index in [0.717, 1.165) is 50.9 Å². The molecule has 2 aliphatic heterocycles. The van der Waals surface area contributed by atoms with Crippen molar-refractivity contribution in [3.05, 3.63) is 28.2 Å². The number of carbonyl (C=O) groups is 2. The zero-order valence-electron chi connectivity index (χ0n) is 16.6. The number of esters is 1. The van der Waals surface area contributed by atoms with Gasteiger partial charge < -0.3 is 14.7 Å². The second kappa shape index (κ2) is 9.27. The largest absolute Gasteiger partial charge is 0.507 e. The van der Waals surface area contributed by atoms with E-state index in [0.29, 0.717) is 16.9 Å². The van der Waals surface area contributed by atoms with Gasteiger partial charge in [-0.1, -0.05) is 13.0 Å². The molecule has 2 aliphatic rings. The summed E-state index contributed by atoms with van der Waals surface area (Å²) in [4.78, 5) is 29.1. The van der Waals surface area contributed by atoms with E-state index in [4.69, 9.17) is 4.74 Å². The van der Waals surface area contributed by atoms with E-state index in [1.165, 1.54) is 7.11 Å². The first-order chi connectivity index (χ1) is 13.4. The maximum atomic E-state index is 12.9. The minimum atomic E-state index is -0.135. The molecule has 0 spiro atoms. The van der Waals surface area contributed by atoms with Gasteiger partial charge in [-0.3, -0.25) is 14.5 Å². The predicted molar refractivity (Wildman–Crippen MR) is 110 cm³/mol. The number of amides is 1. The van der Waals surface area contributed by atoms with Gasteiger partial charge in [-0.15, -0.1) is 0 Å². The van der Waals surface area contributed by atoms with E-state index in [9.17, 15) is 14.7 Å². The van der Waals surface area contributed by atoms with E-state index in [-0.39, 0.29) is 29.6 Å². The van der Waals surface area contributed by atoms with Gasteiger partial charge in [0.1, 0.15) is 11.8 Å². The van der Waals surface area contributed by atoms with Crippen LogP contribution >= 0.6 is 15.9 Å². The molecule has 28 heavy (non-hydrogen) atoms. The SMILES string of the molecule is COC(=O)[C@H]1CCCN1C1CCN(C(=O)[C@H](C)Cc2ccc(O)c(Br)c2)CC1. The summed E-state index contributed by atoms with van der Waals surface area (Å²) in [6.07, 6.45) is 4.34. The lowest BCUT2D eigenvalue weighted by Crippen LogP contribution is -2.51. The Balaban J connectivity index is 1.53. The Bertz CT molecular complexity index is 718. The van der Waals surface area contributed by atoms with Crippen LogP contribution in [0.1, 0.15) is 38.2 Å². The molecule has 0 aliphatic carbocycles. The van der Waals surface area contributed by atoms with Crippen molar-refractivity contribution in [2.75, 3.05) is 26.7 Å². The van der Waals surface area contributed by atoms with Crippen molar-refractivity contribution < 1.29 is 19.4 Å². The predicted octanol–water partition coefficient (Wildman–Crippen LogP) is 2.96. The number of phenolic OH excluding ortho intramolecular Hbond substituents is 1. The number of phenols is 1. The van der Waals surface area contributed by atoms with Gasteiger partial charge in [0, 0.05) is 25.0 Å². The molecule has 1 aromatic rings. The molecule has 3 rings (SSSR count). The second-order valence-corrected chi connectivity index (χ2v) is 8.72. The fourth-order valence-electron chi connectivity index (χ4n) is 4.46. The number of methoxy groups -OCH3 is 1. The molecule has 6 nitrogen and oxygen atoms in total. The maximum absolute atomic E-state index is 12.9. The number of benzene rings is 1. The van der Waals surface area contributed by atoms with Crippen LogP contribution in [0.25, 0.3) is 0 Å². The summed E-state index contributed by atoms with van der Waals surface area (Å²) in [5.41, 5.74) is 1.03. The number of rotatable bonds is 5. The molecule has 2 saturated heterocycles. The zero-order valence-corrected chi connectivity index (χ0v) is 18.2. The summed E-state index contributed by atoms with van der Waals surface area (Å²) >= 11 is 3.33. The number of aromatic hydroxyl groups is 1. The Hall–Kier alpha value is -1.60. The highest BCUT2D eigenvalue weighted by Gasteiger charge is 2.38. The van der Waals surface area contributed by atoms with Gasteiger partial charge >= 0.3 is 5.97 Å². The fourth-order valence-corrected chi connectivity index (χ4v) is 4.89. The van der Waals surface area contributed by atoms with Gasteiger partial charge in [-0.25, -0.2) is 0 Å². The quantitative estimate of drug-likeness (QED) is 0.695. The monoisotopic (exact) mass is 452 g/mol. The van der Waals surface area contributed by atoms with E-state index in [2.05, 4.69) is 20.8 Å². The van der Waals surface area contributed by atoms with Crippen LogP contribution in [-0.2, 0) is 20.7 Å². The molecule has 0 unspecified atom stereocenters. The molecule has 0 saturated carbocycles. The Kier molecular flexibility index (Phi) is 6.99. The highest BCUT2D eigenvalue weighted by Crippen LogP contribution is 2.28. The molecule has 0 aromatic heterocycles. The van der Waals surface area contributed by atoms with Gasteiger partial charge in [-0.2, -0.15) is 0 Å². The first-order valence-corrected chi connectivity index (χ1v) is 10.8. The zero-order chi connectivity index (χ0) is 20.3. The standard InChI is InChI=1S/C21H29BrN2O4/c1-14(12-15-5-6-19(25)17(22)13-15)20(26)23-10-7-16(8-11-23)24-9-3-4-18(24)21(27)28-2/h5-6,13-14,16,18,25H,3-4,7-12H2,1-2H3/t14-,18-/m1/s1. The fraction of sp³-hybridized carbons (Fsp3) is 0.619. The van der Waals surface area contributed by atoms with Crippen molar-refractivity contribution >= 4 is 27.8 Å². The minimum absolute atomic E-state index is 0.109. The summed E-state index contributed by atoms with van der Waals surface area (Å²) in [5.74, 6) is 0.137. The van der Waals surface area contributed by atoms with Crippen molar-refractivity contribution in [3.63, 3.8) is 0 Å². The second-order valence-electron chi connectivity index (χ2n) is 7.87. The first-order valence-electron chi connectivity index (χ1n) is 10.0. The number of hydrogen-bond donors (Lipinski definition) is 1. The van der Waals surface area contributed by atoms with Gasteiger partial charge in [0.15, 0.2) is 0 Å². The third kappa shape index (κ3) is 4.69.